The van der Waals surface area contributed by atoms with Crippen molar-refractivity contribution in [3.63, 3.8) is 0 Å². The molecule has 0 heterocycles. The monoisotopic (exact) mass is 1000 g/mol. The second-order valence-corrected chi connectivity index (χ2v) is 22.8. The largest absolute Gasteiger partial charge is 0.394 e. The molecule has 0 bridgehead atoms. The molecule has 0 aromatic rings. The number of carbonyl (C=O) groups excluding carboxylic acids is 1. The predicted octanol–water partition coefficient (Wildman–Crippen LogP) is 19.6. The van der Waals surface area contributed by atoms with Crippen LogP contribution in [0, 0.1) is 0 Å². The number of rotatable bonds is 61. The van der Waals surface area contributed by atoms with Crippen molar-refractivity contribution in [3.8, 4) is 0 Å². The van der Waals surface area contributed by atoms with Crippen LogP contribution in [0.5, 0.6) is 0 Å². The van der Waals surface area contributed by atoms with Gasteiger partial charge in [-0.25, -0.2) is 0 Å². The fourth-order valence-corrected chi connectivity index (χ4v) is 10.6. The maximum Gasteiger partial charge on any atom is 0.249 e. The Kier molecular flexibility index (Phi) is 59.1. The maximum absolute atomic E-state index is 12.6. The third-order valence-corrected chi connectivity index (χ3v) is 15.7. The minimum atomic E-state index is -1.26. The van der Waals surface area contributed by atoms with E-state index >= 15 is 0 Å². The number of allylic oxidation sites excluding steroid dienone is 2. The molecule has 424 valence electrons. The summed E-state index contributed by atoms with van der Waals surface area (Å²) in [5.74, 6) is -0.576. The molecule has 0 saturated carbocycles. The van der Waals surface area contributed by atoms with Crippen LogP contribution in [0.1, 0.15) is 367 Å². The van der Waals surface area contributed by atoms with Crippen LogP contribution in [0.25, 0.3) is 0 Å². The minimum Gasteiger partial charge on any atom is -0.394 e. The number of amides is 1. The van der Waals surface area contributed by atoms with E-state index in [0.717, 1.165) is 38.5 Å². The molecular weight excluding hydrogens is 875 g/mol. The standard InChI is InChI=1S/C65H129NO5/c1-3-5-7-9-11-13-15-17-19-21-23-24-25-26-27-28-29-30-31-32-33-34-35-36-37-38-39-41-43-45-47-49-51-53-55-57-59-63(69)65(71)66-61(60-67)64(70)62(68)58-56-54-52-50-48-46-44-42-40-22-20-18-16-14-12-10-8-6-4-2/h30-31,61-64,67-70H,3-29,32-60H2,1-2H3,(H,66,71)/b31-30-. The summed E-state index contributed by atoms with van der Waals surface area (Å²) >= 11 is 0. The minimum absolute atomic E-state index is 0.374. The van der Waals surface area contributed by atoms with Gasteiger partial charge in [-0.15, -0.1) is 0 Å². The van der Waals surface area contributed by atoms with Gasteiger partial charge in [-0.05, 0) is 38.5 Å². The van der Waals surface area contributed by atoms with Gasteiger partial charge in [-0.1, -0.05) is 341 Å². The van der Waals surface area contributed by atoms with E-state index in [1.54, 1.807) is 0 Å². The number of carbonyl (C=O) groups is 1. The van der Waals surface area contributed by atoms with Crippen LogP contribution in [0.15, 0.2) is 12.2 Å². The fourth-order valence-electron chi connectivity index (χ4n) is 10.6. The van der Waals surface area contributed by atoms with Crippen molar-refractivity contribution >= 4 is 5.91 Å². The molecule has 0 aliphatic rings. The van der Waals surface area contributed by atoms with Gasteiger partial charge in [0.15, 0.2) is 0 Å². The van der Waals surface area contributed by atoms with Crippen LogP contribution in [0.3, 0.4) is 0 Å². The molecule has 0 fully saturated rings. The summed E-state index contributed by atoms with van der Waals surface area (Å²) in [6.07, 6.45) is 73.2. The number of hydrogen-bond donors (Lipinski definition) is 5. The van der Waals surface area contributed by atoms with Crippen molar-refractivity contribution in [2.45, 2.75) is 391 Å². The first-order valence-electron chi connectivity index (χ1n) is 32.6. The van der Waals surface area contributed by atoms with Gasteiger partial charge < -0.3 is 25.7 Å². The molecular formula is C65H129NO5. The van der Waals surface area contributed by atoms with Crippen molar-refractivity contribution in [3.05, 3.63) is 12.2 Å². The molecule has 0 saturated heterocycles. The van der Waals surface area contributed by atoms with E-state index in [4.69, 9.17) is 0 Å². The maximum atomic E-state index is 12.6. The van der Waals surface area contributed by atoms with Crippen molar-refractivity contribution in [2.75, 3.05) is 6.61 Å². The van der Waals surface area contributed by atoms with Crippen molar-refractivity contribution in [2.24, 2.45) is 0 Å². The SMILES string of the molecule is CCCCCCCCCCCCCCCCCC/C=C\CCCCCCCCCCCCCCCCCCC(O)C(=O)NC(CO)C(O)C(O)CCCCCCCCCCCCCCCCCCCCC. The number of nitrogens with one attached hydrogen (secondary N) is 1. The first-order valence-corrected chi connectivity index (χ1v) is 32.6. The van der Waals surface area contributed by atoms with Crippen molar-refractivity contribution < 1.29 is 25.2 Å². The molecule has 6 heteroatoms. The first kappa shape index (κ1) is 70.1. The van der Waals surface area contributed by atoms with Crippen LogP contribution in [0.4, 0.5) is 0 Å². The summed E-state index contributed by atoms with van der Waals surface area (Å²) in [4.78, 5) is 12.6. The van der Waals surface area contributed by atoms with Crippen LogP contribution >= 0.6 is 0 Å². The highest BCUT2D eigenvalue weighted by Gasteiger charge is 2.28. The van der Waals surface area contributed by atoms with Crippen molar-refractivity contribution in [1.29, 1.82) is 0 Å². The van der Waals surface area contributed by atoms with E-state index in [-0.39, 0.29) is 0 Å². The molecule has 1 amide bonds. The lowest BCUT2D eigenvalue weighted by Gasteiger charge is -2.27. The third kappa shape index (κ3) is 53.7. The molecule has 4 unspecified atom stereocenters. The zero-order valence-corrected chi connectivity index (χ0v) is 48.3. The third-order valence-electron chi connectivity index (χ3n) is 15.7. The van der Waals surface area contributed by atoms with Gasteiger partial charge >= 0.3 is 0 Å². The van der Waals surface area contributed by atoms with Crippen LogP contribution in [0.2, 0.25) is 0 Å². The molecule has 6 nitrogen and oxygen atoms in total. The first-order chi connectivity index (χ1) is 35.0. The number of aliphatic hydroxyl groups excluding tert-OH is 4. The molecule has 71 heavy (non-hydrogen) atoms. The van der Waals surface area contributed by atoms with E-state index in [1.807, 2.05) is 0 Å². The van der Waals surface area contributed by atoms with Gasteiger partial charge in [-0.3, -0.25) is 4.79 Å². The van der Waals surface area contributed by atoms with Gasteiger partial charge in [0, 0.05) is 0 Å². The van der Waals surface area contributed by atoms with Gasteiger partial charge in [0.25, 0.3) is 0 Å². The van der Waals surface area contributed by atoms with Gasteiger partial charge in [0.05, 0.1) is 18.8 Å². The molecule has 0 radical (unpaired) electrons. The summed E-state index contributed by atoms with van der Waals surface area (Å²) in [6, 6.07) is -0.983. The van der Waals surface area contributed by atoms with Gasteiger partial charge in [0.1, 0.15) is 12.2 Å². The zero-order chi connectivity index (χ0) is 51.6. The fraction of sp³-hybridized carbons (Fsp3) is 0.954. The van der Waals surface area contributed by atoms with E-state index in [2.05, 4.69) is 31.3 Å². The topological polar surface area (TPSA) is 110 Å². The summed E-state index contributed by atoms with van der Waals surface area (Å²) in [5.41, 5.74) is 0. The number of hydrogen-bond acceptors (Lipinski definition) is 5. The van der Waals surface area contributed by atoms with E-state index in [9.17, 15) is 25.2 Å². The molecule has 0 rings (SSSR count). The Balaban J connectivity index is 3.51. The Bertz CT molecular complexity index is 1040. The molecule has 0 aliphatic carbocycles. The van der Waals surface area contributed by atoms with Crippen LogP contribution in [-0.2, 0) is 4.79 Å². The van der Waals surface area contributed by atoms with E-state index in [1.165, 1.54) is 302 Å². The highest BCUT2D eigenvalue weighted by atomic mass is 16.3. The lowest BCUT2D eigenvalue weighted by molar-refractivity contribution is -0.132. The molecule has 0 aliphatic heterocycles. The van der Waals surface area contributed by atoms with E-state index < -0.39 is 36.9 Å². The Morgan fingerprint density at radius 3 is 0.817 bits per heavy atom. The molecule has 5 N–H and O–H groups in total. The lowest BCUT2D eigenvalue weighted by atomic mass is 9.99. The molecule has 0 aromatic heterocycles. The highest BCUT2D eigenvalue weighted by Crippen LogP contribution is 2.19. The summed E-state index contributed by atoms with van der Waals surface area (Å²) in [7, 11) is 0. The van der Waals surface area contributed by atoms with Gasteiger partial charge in [-0.2, -0.15) is 0 Å². The van der Waals surface area contributed by atoms with Gasteiger partial charge in [0.2, 0.25) is 5.91 Å². The summed E-state index contributed by atoms with van der Waals surface area (Å²) < 4.78 is 0. The Morgan fingerprint density at radius 1 is 0.338 bits per heavy atom. The Morgan fingerprint density at radius 2 is 0.563 bits per heavy atom. The molecule has 4 atom stereocenters. The average molecular weight is 1000 g/mol. The van der Waals surface area contributed by atoms with Crippen LogP contribution in [-0.4, -0.2) is 57.3 Å². The molecule has 0 spiro atoms. The average Bonchev–Trinajstić information content (AvgIpc) is 3.38. The molecule has 0 aromatic carbocycles. The second-order valence-electron chi connectivity index (χ2n) is 22.8. The number of unbranched alkanes of at least 4 members (excludes halogenated alkanes) is 50. The lowest BCUT2D eigenvalue weighted by Crippen LogP contribution is -2.53. The summed E-state index contributed by atoms with van der Waals surface area (Å²) in [5, 5.41) is 44.1. The normalized spacial score (nSPS) is 13.6. The summed E-state index contributed by atoms with van der Waals surface area (Å²) in [6.45, 7) is 4.10. The van der Waals surface area contributed by atoms with Crippen LogP contribution < -0.4 is 5.32 Å². The Labute approximate surface area is 444 Å². The quantitative estimate of drug-likeness (QED) is 0.0308. The Hall–Kier alpha value is -0.950. The van der Waals surface area contributed by atoms with E-state index in [0.29, 0.717) is 12.8 Å². The number of aliphatic hydroxyl groups is 4. The zero-order valence-electron chi connectivity index (χ0n) is 48.3. The highest BCUT2D eigenvalue weighted by molar-refractivity contribution is 5.80. The second kappa shape index (κ2) is 59.9. The predicted molar refractivity (Wildman–Crippen MR) is 311 cm³/mol. The smallest absolute Gasteiger partial charge is 0.249 e. The van der Waals surface area contributed by atoms with Crippen molar-refractivity contribution in [1.82, 2.24) is 5.32 Å².